The molecular formula is C32H36BF3KN3O4. The zero-order valence-electron chi connectivity index (χ0n) is 25.8. The molecule has 0 unspecified atom stereocenters. The van der Waals surface area contributed by atoms with Crippen LogP contribution in [0.5, 0.6) is 0 Å². The third-order valence-corrected chi connectivity index (χ3v) is 7.87. The number of hydrogen-bond donors (Lipinski definition) is 1. The molecule has 44 heavy (non-hydrogen) atoms. The molecule has 1 heterocycles. The van der Waals surface area contributed by atoms with Crippen molar-refractivity contribution >= 4 is 30.3 Å². The maximum atomic E-state index is 13.9. The van der Waals surface area contributed by atoms with Crippen LogP contribution < -0.4 is 62.2 Å². The van der Waals surface area contributed by atoms with Crippen molar-refractivity contribution in [1.29, 1.82) is 0 Å². The van der Waals surface area contributed by atoms with E-state index in [0.717, 1.165) is 28.3 Å². The molecule has 12 heteroatoms. The number of halogens is 3. The topological polar surface area (TPSA) is 71.1 Å². The molecule has 5 rings (SSSR count). The van der Waals surface area contributed by atoms with Crippen LogP contribution in [0.1, 0.15) is 48.9 Å². The Kier molecular flexibility index (Phi) is 11.0. The Morgan fingerprint density at radius 3 is 2.05 bits per heavy atom. The third-order valence-electron chi connectivity index (χ3n) is 7.87. The molecule has 0 atom stereocenters. The standard InChI is InChI=1S/C32H36BF3N3O4.K/c1-21-28(33(34,35)36)17-22(18-29(21)37-30(40)43-32(2,3)4)19-38-13-15-39(16-14-38)31(41)42-20-27-25-11-7-5-9-23(25)24-10-6-8-12-26(24)27;/h5-12,17-18,27H,13-16,19-20H2,1-4H3,(H,37,40);/q-1;+1. The van der Waals surface area contributed by atoms with Crippen LogP contribution in [0.3, 0.4) is 0 Å². The zero-order chi connectivity index (χ0) is 30.9. The second kappa shape index (κ2) is 14.0. The minimum atomic E-state index is -5.30. The van der Waals surface area contributed by atoms with Crippen molar-refractivity contribution < 1.29 is 83.4 Å². The van der Waals surface area contributed by atoms with Gasteiger partial charge >= 0.3 is 70.5 Å². The molecule has 2 amide bonds. The van der Waals surface area contributed by atoms with Crippen LogP contribution >= 0.6 is 0 Å². The van der Waals surface area contributed by atoms with Crippen LogP contribution in [0.25, 0.3) is 11.1 Å². The monoisotopic (exact) mass is 633 g/mol. The summed E-state index contributed by atoms with van der Waals surface area (Å²) in [6.45, 7) is 3.28. The second-order valence-electron chi connectivity index (χ2n) is 12.1. The quantitative estimate of drug-likeness (QED) is 0.422. The number of nitrogens with zero attached hydrogens (tertiary/aromatic N) is 2. The Balaban J connectivity index is 0.00000442. The van der Waals surface area contributed by atoms with Crippen LogP contribution in [0, 0.1) is 6.92 Å². The smallest absolute Gasteiger partial charge is 0.448 e. The summed E-state index contributed by atoms with van der Waals surface area (Å²) in [5, 5.41) is 2.49. The molecule has 0 radical (unpaired) electrons. The molecule has 1 N–H and O–H groups in total. The van der Waals surface area contributed by atoms with Crippen LogP contribution in [0.2, 0.25) is 0 Å². The van der Waals surface area contributed by atoms with Gasteiger partial charge in [-0.05, 0) is 61.6 Å². The van der Waals surface area contributed by atoms with E-state index >= 15 is 0 Å². The number of piperazine rings is 1. The van der Waals surface area contributed by atoms with Crippen LogP contribution in [-0.4, -0.2) is 67.4 Å². The van der Waals surface area contributed by atoms with Gasteiger partial charge in [-0.25, -0.2) is 9.59 Å². The molecule has 228 valence electrons. The minimum absolute atomic E-state index is 0. The predicted molar refractivity (Wildman–Crippen MR) is 162 cm³/mol. The van der Waals surface area contributed by atoms with Gasteiger partial charge in [0, 0.05) is 44.3 Å². The number of ether oxygens (including phenoxy) is 2. The molecule has 1 aliphatic heterocycles. The van der Waals surface area contributed by atoms with Gasteiger partial charge in [-0.15, -0.1) is 5.46 Å². The first-order valence-electron chi connectivity index (χ1n) is 14.5. The number of hydrogen-bond acceptors (Lipinski definition) is 5. The molecule has 3 aromatic rings. The zero-order valence-corrected chi connectivity index (χ0v) is 29.0. The molecule has 1 aliphatic carbocycles. The van der Waals surface area contributed by atoms with Crippen LogP contribution in [0.4, 0.5) is 28.2 Å². The number of benzene rings is 3. The average molecular weight is 634 g/mol. The number of rotatable bonds is 6. The van der Waals surface area contributed by atoms with E-state index in [1.165, 1.54) is 6.92 Å². The first-order valence-corrected chi connectivity index (χ1v) is 14.5. The summed E-state index contributed by atoms with van der Waals surface area (Å²) >= 11 is 0. The summed E-state index contributed by atoms with van der Waals surface area (Å²) in [6.07, 6.45) is -1.21. The Morgan fingerprint density at radius 2 is 1.50 bits per heavy atom. The fourth-order valence-electron chi connectivity index (χ4n) is 5.81. The van der Waals surface area contributed by atoms with E-state index < -0.39 is 30.2 Å². The first kappa shape index (κ1) is 34.5. The fourth-order valence-corrected chi connectivity index (χ4v) is 5.81. The Bertz CT molecular complexity index is 1480. The van der Waals surface area contributed by atoms with Gasteiger partial charge in [0.05, 0.1) is 0 Å². The molecular weight excluding hydrogens is 597 g/mol. The van der Waals surface area contributed by atoms with Crippen molar-refractivity contribution in [1.82, 2.24) is 9.80 Å². The van der Waals surface area contributed by atoms with Crippen LogP contribution in [0.15, 0.2) is 60.7 Å². The number of fused-ring (bicyclic) bond motifs is 3. The van der Waals surface area contributed by atoms with Gasteiger partial charge in [0.15, 0.2) is 0 Å². The van der Waals surface area contributed by atoms with Crippen molar-refractivity contribution in [3.63, 3.8) is 0 Å². The fraction of sp³-hybridized carbons (Fsp3) is 0.375. The summed E-state index contributed by atoms with van der Waals surface area (Å²) in [5.74, 6) is -0.0351. The van der Waals surface area contributed by atoms with E-state index in [9.17, 15) is 22.5 Å². The molecule has 0 aromatic heterocycles. The molecule has 1 fully saturated rings. The number of carbonyl (C=O) groups excluding carboxylic acids is 2. The minimum Gasteiger partial charge on any atom is -0.448 e. The third kappa shape index (κ3) is 8.07. The summed E-state index contributed by atoms with van der Waals surface area (Å²) in [6, 6.07) is 19.0. The molecule has 0 spiro atoms. The SMILES string of the molecule is Cc1c(NC(=O)OC(C)(C)C)cc(CN2CCN(C(=O)OCC3c4ccccc4-c4ccccc43)CC2)cc1[B-](F)(F)F.[K+]. The molecule has 7 nitrogen and oxygen atoms in total. The Hall–Kier alpha value is -2.35. The van der Waals surface area contributed by atoms with Gasteiger partial charge in [-0.3, -0.25) is 10.2 Å². The average Bonchev–Trinajstić information content (AvgIpc) is 3.26. The van der Waals surface area contributed by atoms with Gasteiger partial charge in [-0.2, -0.15) is 0 Å². The molecule has 1 saturated heterocycles. The summed E-state index contributed by atoms with van der Waals surface area (Å²) in [4.78, 5) is 29.0. The maximum Gasteiger partial charge on any atom is 1.00 e. The molecule has 3 aromatic carbocycles. The van der Waals surface area contributed by atoms with E-state index in [1.54, 1.807) is 31.7 Å². The van der Waals surface area contributed by atoms with Gasteiger partial charge in [0.1, 0.15) is 12.2 Å². The van der Waals surface area contributed by atoms with Crippen molar-refractivity contribution in [2.75, 3.05) is 38.1 Å². The number of anilines is 1. The predicted octanol–water partition coefficient (Wildman–Crippen LogP) is 3.47. The second-order valence-corrected chi connectivity index (χ2v) is 12.1. The first-order chi connectivity index (χ1) is 20.3. The Morgan fingerprint density at radius 1 is 0.932 bits per heavy atom. The van der Waals surface area contributed by atoms with E-state index in [-0.39, 0.29) is 81.7 Å². The van der Waals surface area contributed by atoms with Gasteiger partial charge in [0.25, 0.3) is 0 Å². The van der Waals surface area contributed by atoms with E-state index in [0.29, 0.717) is 31.7 Å². The molecule has 0 bridgehead atoms. The van der Waals surface area contributed by atoms with Crippen molar-refractivity contribution in [2.24, 2.45) is 0 Å². The van der Waals surface area contributed by atoms with Crippen molar-refractivity contribution in [2.45, 2.75) is 45.8 Å². The van der Waals surface area contributed by atoms with Gasteiger partial charge < -0.3 is 27.3 Å². The van der Waals surface area contributed by atoms with Gasteiger partial charge in [0.2, 0.25) is 0 Å². The van der Waals surface area contributed by atoms with E-state index in [1.807, 2.05) is 29.2 Å². The number of amides is 2. The van der Waals surface area contributed by atoms with Gasteiger partial charge in [-0.1, -0.05) is 60.2 Å². The Labute approximate surface area is 298 Å². The van der Waals surface area contributed by atoms with Crippen molar-refractivity contribution in [3.8, 4) is 11.1 Å². The summed E-state index contributed by atoms with van der Waals surface area (Å²) in [5.41, 5.74) is 3.48. The number of nitrogens with one attached hydrogen (secondary N) is 1. The normalized spacial score (nSPS) is 15.2. The summed E-state index contributed by atoms with van der Waals surface area (Å²) < 4.78 is 52.8. The maximum absolute atomic E-state index is 13.9. The van der Waals surface area contributed by atoms with Crippen LogP contribution in [-0.2, 0) is 16.0 Å². The summed E-state index contributed by atoms with van der Waals surface area (Å²) in [7, 11) is 0. The van der Waals surface area contributed by atoms with Crippen molar-refractivity contribution in [3.05, 3.63) is 82.9 Å². The molecule has 0 saturated carbocycles. The van der Waals surface area contributed by atoms with E-state index in [2.05, 4.69) is 29.6 Å². The number of carbonyl (C=O) groups is 2. The largest absolute Gasteiger partial charge is 1.00 e. The van der Waals surface area contributed by atoms with E-state index in [4.69, 9.17) is 9.47 Å². The molecule has 2 aliphatic rings.